The van der Waals surface area contributed by atoms with Gasteiger partial charge in [-0.25, -0.2) is 0 Å². The molecular weight excluding hydrogens is 204 g/mol. The monoisotopic (exact) mass is 216 g/mol. The molecular formula is C8H12N2O3S. The minimum atomic E-state index is -0.917. The maximum Gasteiger partial charge on any atom is 0.304 e. The highest BCUT2D eigenvalue weighted by molar-refractivity contribution is 7.80. The highest BCUT2D eigenvalue weighted by Crippen LogP contribution is 2.14. The Labute approximate surface area is 87.4 Å². The van der Waals surface area contributed by atoms with Crippen LogP contribution in [0.1, 0.15) is 20.8 Å². The third-order valence-corrected chi connectivity index (χ3v) is 2.09. The van der Waals surface area contributed by atoms with Crippen LogP contribution in [0.25, 0.3) is 0 Å². The van der Waals surface area contributed by atoms with Gasteiger partial charge < -0.3 is 9.64 Å². The molecule has 0 aromatic rings. The number of hydrogen-bond acceptors (Lipinski definition) is 4. The molecule has 1 atom stereocenters. The van der Waals surface area contributed by atoms with Crippen molar-refractivity contribution in [2.24, 2.45) is 0 Å². The van der Waals surface area contributed by atoms with Crippen molar-refractivity contribution >= 4 is 29.2 Å². The zero-order valence-electron chi connectivity index (χ0n) is 8.23. The number of ether oxygens (including phenoxy) is 1. The average Bonchev–Trinajstić information content (AvgIpc) is 2.25. The Balaban J connectivity index is 2.83. The molecule has 1 N–H and O–H groups in total. The van der Waals surface area contributed by atoms with Crippen LogP contribution in [0, 0.1) is 0 Å². The predicted octanol–water partition coefficient (Wildman–Crippen LogP) is 0.000700. The van der Waals surface area contributed by atoms with E-state index in [1.54, 1.807) is 4.90 Å². The smallest absolute Gasteiger partial charge is 0.304 e. The van der Waals surface area contributed by atoms with E-state index in [4.69, 9.17) is 17.0 Å². The second-order valence-electron chi connectivity index (χ2n) is 3.26. The summed E-state index contributed by atoms with van der Waals surface area (Å²) in [6, 6.07) is 0.00537. The molecule has 0 aromatic heterocycles. The molecule has 0 bridgehead atoms. The zero-order valence-corrected chi connectivity index (χ0v) is 9.05. The van der Waals surface area contributed by atoms with Crippen molar-refractivity contribution < 1.29 is 14.3 Å². The van der Waals surface area contributed by atoms with Crippen LogP contribution >= 0.6 is 12.2 Å². The lowest BCUT2D eigenvalue weighted by Crippen LogP contribution is -2.42. The molecule has 6 heteroatoms. The molecule has 1 rings (SSSR count). The van der Waals surface area contributed by atoms with E-state index in [0.29, 0.717) is 5.11 Å². The largest absolute Gasteiger partial charge is 0.432 e. The molecule has 0 saturated carbocycles. The van der Waals surface area contributed by atoms with Crippen molar-refractivity contribution in [3.05, 3.63) is 0 Å². The van der Waals surface area contributed by atoms with Crippen LogP contribution in [0.3, 0.4) is 0 Å². The fourth-order valence-corrected chi connectivity index (χ4v) is 1.64. The first-order valence-corrected chi connectivity index (χ1v) is 4.64. The zero-order chi connectivity index (χ0) is 10.9. The second kappa shape index (κ2) is 3.91. The molecule has 1 heterocycles. The number of thiocarbonyl (C=S) groups is 1. The van der Waals surface area contributed by atoms with Crippen molar-refractivity contribution in [2.45, 2.75) is 33.0 Å². The first-order valence-electron chi connectivity index (χ1n) is 4.24. The van der Waals surface area contributed by atoms with Crippen LogP contribution in [0.2, 0.25) is 0 Å². The summed E-state index contributed by atoms with van der Waals surface area (Å²) < 4.78 is 4.86. The number of carbonyl (C=O) groups excluding carboxylic acids is 2. The van der Waals surface area contributed by atoms with Gasteiger partial charge in [0.25, 0.3) is 12.1 Å². The van der Waals surface area contributed by atoms with E-state index in [1.807, 2.05) is 13.8 Å². The SMILES string of the molecule is CC(=O)OC1C(=O)NC(=S)N1C(C)C. The van der Waals surface area contributed by atoms with Gasteiger partial charge in [-0.2, -0.15) is 0 Å². The third-order valence-electron chi connectivity index (χ3n) is 1.78. The Morgan fingerprint density at radius 2 is 2.21 bits per heavy atom. The standard InChI is InChI=1S/C8H12N2O3S/c1-4(2)10-7(13-5(3)11)6(12)9-8(10)14/h4,7H,1-3H3,(H,9,12,14). The molecule has 1 saturated heterocycles. The van der Waals surface area contributed by atoms with Crippen LogP contribution in [-0.4, -0.2) is 34.2 Å². The Morgan fingerprint density at radius 1 is 1.64 bits per heavy atom. The van der Waals surface area contributed by atoms with Crippen molar-refractivity contribution in [3.63, 3.8) is 0 Å². The van der Waals surface area contributed by atoms with E-state index in [2.05, 4.69) is 5.32 Å². The van der Waals surface area contributed by atoms with Crippen LogP contribution in [-0.2, 0) is 14.3 Å². The van der Waals surface area contributed by atoms with Gasteiger partial charge >= 0.3 is 5.97 Å². The summed E-state index contributed by atoms with van der Waals surface area (Å²) in [6.07, 6.45) is -0.917. The van der Waals surface area contributed by atoms with E-state index in [0.717, 1.165) is 0 Å². The minimum absolute atomic E-state index is 0.00537. The summed E-state index contributed by atoms with van der Waals surface area (Å²) in [5.41, 5.74) is 0. The summed E-state index contributed by atoms with van der Waals surface area (Å²) >= 11 is 4.93. The Bertz CT molecular complexity index is 290. The molecule has 5 nitrogen and oxygen atoms in total. The van der Waals surface area contributed by atoms with Gasteiger partial charge in [-0.15, -0.1) is 0 Å². The quantitative estimate of drug-likeness (QED) is 0.520. The lowest BCUT2D eigenvalue weighted by Gasteiger charge is -2.26. The van der Waals surface area contributed by atoms with Crippen LogP contribution in [0.5, 0.6) is 0 Å². The van der Waals surface area contributed by atoms with E-state index < -0.39 is 12.2 Å². The van der Waals surface area contributed by atoms with E-state index in [1.165, 1.54) is 6.92 Å². The Morgan fingerprint density at radius 3 is 2.64 bits per heavy atom. The van der Waals surface area contributed by atoms with Crippen LogP contribution in [0.4, 0.5) is 0 Å². The third kappa shape index (κ3) is 2.01. The summed E-state index contributed by atoms with van der Waals surface area (Å²) in [5, 5.41) is 2.75. The van der Waals surface area contributed by atoms with Crippen LogP contribution in [0.15, 0.2) is 0 Å². The number of carbonyl (C=O) groups is 2. The lowest BCUT2D eigenvalue weighted by molar-refractivity contribution is -0.159. The van der Waals surface area contributed by atoms with Crippen LogP contribution < -0.4 is 5.32 Å². The summed E-state index contributed by atoms with van der Waals surface area (Å²) in [7, 11) is 0. The molecule has 1 fully saturated rings. The number of nitrogens with one attached hydrogen (secondary N) is 1. The molecule has 0 spiro atoms. The van der Waals surface area contributed by atoms with Gasteiger partial charge in [-0.3, -0.25) is 14.9 Å². The maximum absolute atomic E-state index is 11.3. The summed E-state index contributed by atoms with van der Waals surface area (Å²) in [6.45, 7) is 4.99. The maximum atomic E-state index is 11.3. The fourth-order valence-electron chi connectivity index (χ4n) is 1.24. The van der Waals surface area contributed by atoms with E-state index >= 15 is 0 Å². The van der Waals surface area contributed by atoms with Crippen molar-refractivity contribution in [1.82, 2.24) is 10.2 Å². The van der Waals surface area contributed by atoms with Gasteiger partial charge in [0.15, 0.2) is 5.11 Å². The summed E-state index contributed by atoms with van der Waals surface area (Å²) in [5.74, 6) is -0.889. The lowest BCUT2D eigenvalue weighted by atomic mass is 10.3. The molecule has 0 aliphatic carbocycles. The molecule has 1 aliphatic heterocycles. The molecule has 0 radical (unpaired) electrons. The van der Waals surface area contributed by atoms with Crippen molar-refractivity contribution in [1.29, 1.82) is 0 Å². The minimum Gasteiger partial charge on any atom is -0.432 e. The normalized spacial score (nSPS) is 21.4. The molecule has 1 aliphatic rings. The second-order valence-corrected chi connectivity index (χ2v) is 3.64. The van der Waals surface area contributed by atoms with E-state index in [9.17, 15) is 9.59 Å². The number of hydrogen-bond donors (Lipinski definition) is 1. The molecule has 14 heavy (non-hydrogen) atoms. The summed E-state index contributed by atoms with van der Waals surface area (Å²) in [4.78, 5) is 23.6. The number of nitrogens with zero attached hydrogens (tertiary/aromatic N) is 1. The Kier molecular flexibility index (Phi) is 3.05. The predicted molar refractivity (Wildman–Crippen MR) is 53.3 cm³/mol. The molecule has 0 aromatic carbocycles. The fraction of sp³-hybridized carbons (Fsp3) is 0.625. The van der Waals surface area contributed by atoms with Gasteiger partial charge in [0.2, 0.25) is 0 Å². The highest BCUT2D eigenvalue weighted by Gasteiger charge is 2.39. The Hall–Kier alpha value is -1.17. The van der Waals surface area contributed by atoms with Crippen molar-refractivity contribution in [2.75, 3.05) is 0 Å². The number of rotatable bonds is 2. The molecule has 1 unspecified atom stereocenters. The topological polar surface area (TPSA) is 58.6 Å². The number of esters is 1. The van der Waals surface area contributed by atoms with Gasteiger partial charge in [-0.05, 0) is 26.1 Å². The molecule has 78 valence electrons. The highest BCUT2D eigenvalue weighted by atomic mass is 32.1. The first kappa shape index (κ1) is 10.9. The van der Waals surface area contributed by atoms with Gasteiger partial charge in [0.05, 0.1) is 0 Å². The van der Waals surface area contributed by atoms with Gasteiger partial charge in [-0.1, -0.05) is 0 Å². The average molecular weight is 216 g/mol. The van der Waals surface area contributed by atoms with Gasteiger partial charge in [0.1, 0.15) is 0 Å². The van der Waals surface area contributed by atoms with Gasteiger partial charge in [0, 0.05) is 13.0 Å². The van der Waals surface area contributed by atoms with E-state index in [-0.39, 0.29) is 11.9 Å². The van der Waals surface area contributed by atoms with Crippen molar-refractivity contribution in [3.8, 4) is 0 Å². The number of amides is 1. The molecule has 1 amide bonds. The first-order chi connectivity index (χ1) is 6.43.